The van der Waals surface area contributed by atoms with Crippen LogP contribution in [0.1, 0.15) is 21.8 Å². The lowest BCUT2D eigenvalue weighted by Crippen LogP contribution is -2.23. The number of hydrogen-bond donors (Lipinski definition) is 1. The van der Waals surface area contributed by atoms with Gasteiger partial charge in [-0.15, -0.1) is 0 Å². The number of hydrogen-bond acceptors (Lipinski definition) is 6. The van der Waals surface area contributed by atoms with E-state index in [2.05, 4.69) is 15.5 Å². The Bertz CT molecular complexity index is 986. The molecule has 0 aliphatic heterocycles. The van der Waals surface area contributed by atoms with Crippen molar-refractivity contribution in [2.75, 3.05) is 0 Å². The van der Waals surface area contributed by atoms with Crippen LogP contribution in [0.3, 0.4) is 0 Å². The van der Waals surface area contributed by atoms with Crippen LogP contribution in [-0.4, -0.2) is 21.0 Å². The van der Waals surface area contributed by atoms with E-state index in [1.165, 1.54) is 24.3 Å². The normalized spacial score (nSPS) is 10.5. The van der Waals surface area contributed by atoms with Crippen LogP contribution in [0.2, 0.25) is 5.02 Å². The zero-order chi connectivity index (χ0) is 18.7. The summed E-state index contributed by atoms with van der Waals surface area (Å²) in [6.07, 6.45) is 0. The number of carbonyl (C=O) groups is 1. The lowest BCUT2D eigenvalue weighted by atomic mass is 10.1. The number of rotatable bonds is 5. The summed E-state index contributed by atoms with van der Waals surface area (Å²) in [5.41, 5.74) is 1.64. The monoisotopic (exact) mass is 372 g/mol. The number of halogens is 1. The van der Waals surface area contributed by atoms with Crippen LogP contribution in [0.25, 0.3) is 11.4 Å². The van der Waals surface area contributed by atoms with E-state index in [-0.39, 0.29) is 23.7 Å². The molecule has 0 radical (unpaired) electrons. The molecule has 0 aliphatic carbocycles. The molecule has 1 aromatic heterocycles. The topological polar surface area (TPSA) is 111 Å². The molecule has 0 saturated heterocycles. The molecule has 132 valence electrons. The van der Waals surface area contributed by atoms with E-state index < -0.39 is 10.8 Å². The zero-order valence-electron chi connectivity index (χ0n) is 13.6. The Labute approximate surface area is 152 Å². The highest BCUT2D eigenvalue weighted by atomic mass is 35.5. The molecule has 3 aromatic rings. The van der Waals surface area contributed by atoms with E-state index >= 15 is 0 Å². The minimum atomic E-state index is -0.562. The smallest absolute Gasteiger partial charge is 0.270 e. The van der Waals surface area contributed by atoms with Crippen LogP contribution < -0.4 is 5.32 Å². The average Bonchev–Trinajstić information content (AvgIpc) is 3.11. The third-order valence-corrected chi connectivity index (χ3v) is 4.02. The lowest BCUT2D eigenvalue weighted by molar-refractivity contribution is -0.384. The van der Waals surface area contributed by atoms with Crippen molar-refractivity contribution in [3.8, 4) is 11.4 Å². The standard InChI is InChI=1S/C17H13ClN4O4/c1-10-5-6-11(8-14(10)18)16-20-15(26-21-16)9-19-17(23)12-3-2-4-13(7-12)22(24)25/h2-8H,9H2,1H3,(H,19,23). The number of benzene rings is 2. The molecule has 26 heavy (non-hydrogen) atoms. The van der Waals surface area contributed by atoms with E-state index in [4.69, 9.17) is 16.1 Å². The molecule has 1 heterocycles. The molecule has 3 rings (SSSR count). The first kappa shape index (κ1) is 17.6. The number of carbonyl (C=O) groups excluding carboxylic acids is 1. The van der Waals surface area contributed by atoms with Gasteiger partial charge in [0.1, 0.15) is 0 Å². The van der Waals surface area contributed by atoms with Crippen LogP contribution >= 0.6 is 11.6 Å². The molecule has 0 fully saturated rings. The van der Waals surface area contributed by atoms with Crippen LogP contribution in [-0.2, 0) is 6.54 Å². The van der Waals surface area contributed by atoms with Gasteiger partial charge < -0.3 is 9.84 Å². The fourth-order valence-electron chi connectivity index (χ4n) is 2.19. The van der Waals surface area contributed by atoms with E-state index in [1.807, 2.05) is 19.1 Å². The number of nitro groups is 1. The molecular formula is C17H13ClN4O4. The van der Waals surface area contributed by atoms with Crippen LogP contribution in [0.4, 0.5) is 5.69 Å². The van der Waals surface area contributed by atoms with Gasteiger partial charge in [0.15, 0.2) is 0 Å². The SMILES string of the molecule is Cc1ccc(-c2noc(CNC(=O)c3cccc([N+](=O)[O-])c3)n2)cc1Cl. The summed E-state index contributed by atoms with van der Waals surface area (Å²) < 4.78 is 5.11. The second-order valence-electron chi connectivity index (χ2n) is 5.47. The Morgan fingerprint density at radius 2 is 2.12 bits per heavy atom. The second-order valence-corrected chi connectivity index (χ2v) is 5.87. The fraction of sp³-hybridized carbons (Fsp3) is 0.118. The highest BCUT2D eigenvalue weighted by molar-refractivity contribution is 6.31. The van der Waals surface area contributed by atoms with E-state index in [0.29, 0.717) is 16.4 Å². The molecule has 0 bridgehead atoms. The van der Waals surface area contributed by atoms with Crippen molar-refractivity contribution >= 4 is 23.2 Å². The molecule has 0 saturated carbocycles. The number of non-ortho nitro benzene ring substituents is 1. The first-order valence-electron chi connectivity index (χ1n) is 7.56. The third kappa shape index (κ3) is 3.86. The lowest BCUT2D eigenvalue weighted by Gasteiger charge is -2.02. The number of nitrogens with zero attached hydrogens (tertiary/aromatic N) is 3. The highest BCUT2D eigenvalue weighted by Gasteiger charge is 2.14. The highest BCUT2D eigenvalue weighted by Crippen LogP contribution is 2.23. The van der Waals surface area contributed by atoms with Gasteiger partial charge >= 0.3 is 0 Å². The van der Waals surface area contributed by atoms with Gasteiger partial charge in [-0.05, 0) is 24.6 Å². The van der Waals surface area contributed by atoms with Gasteiger partial charge in [0.2, 0.25) is 11.7 Å². The van der Waals surface area contributed by atoms with Gasteiger partial charge in [-0.25, -0.2) is 0 Å². The maximum absolute atomic E-state index is 12.1. The average molecular weight is 373 g/mol. The van der Waals surface area contributed by atoms with Gasteiger partial charge in [-0.3, -0.25) is 14.9 Å². The number of nitro benzene ring substituents is 1. The van der Waals surface area contributed by atoms with Crippen molar-refractivity contribution in [3.05, 3.63) is 74.6 Å². The van der Waals surface area contributed by atoms with Gasteiger partial charge in [-0.1, -0.05) is 35.0 Å². The Kier molecular flexibility index (Phi) is 4.94. The van der Waals surface area contributed by atoms with Gasteiger partial charge in [0.05, 0.1) is 11.5 Å². The summed E-state index contributed by atoms with van der Waals surface area (Å²) >= 11 is 6.08. The predicted octanol–water partition coefficient (Wildman–Crippen LogP) is 3.54. The summed E-state index contributed by atoms with van der Waals surface area (Å²) in [7, 11) is 0. The second kappa shape index (κ2) is 7.32. The van der Waals surface area contributed by atoms with Gasteiger partial charge in [0, 0.05) is 28.3 Å². The Morgan fingerprint density at radius 3 is 2.85 bits per heavy atom. The molecule has 8 nitrogen and oxygen atoms in total. The van der Waals surface area contributed by atoms with Crippen LogP contribution in [0.5, 0.6) is 0 Å². The maximum atomic E-state index is 12.1. The minimum absolute atomic E-state index is 0.00583. The molecule has 1 amide bonds. The Hall–Kier alpha value is -3.26. The van der Waals surface area contributed by atoms with Crippen molar-refractivity contribution in [1.82, 2.24) is 15.5 Å². The zero-order valence-corrected chi connectivity index (χ0v) is 14.4. The minimum Gasteiger partial charge on any atom is -0.343 e. The van der Waals surface area contributed by atoms with Crippen molar-refractivity contribution in [3.63, 3.8) is 0 Å². The molecule has 0 unspecified atom stereocenters. The van der Waals surface area contributed by atoms with E-state index in [0.717, 1.165) is 5.56 Å². The van der Waals surface area contributed by atoms with E-state index in [9.17, 15) is 14.9 Å². The molecule has 9 heteroatoms. The third-order valence-electron chi connectivity index (χ3n) is 3.62. The maximum Gasteiger partial charge on any atom is 0.270 e. The first-order chi connectivity index (χ1) is 12.4. The summed E-state index contributed by atoms with van der Waals surface area (Å²) in [5, 5.41) is 17.8. The van der Waals surface area contributed by atoms with Crippen molar-refractivity contribution < 1.29 is 14.2 Å². The largest absolute Gasteiger partial charge is 0.343 e. The van der Waals surface area contributed by atoms with Crippen LogP contribution in [0.15, 0.2) is 47.0 Å². The molecule has 0 spiro atoms. The Morgan fingerprint density at radius 1 is 1.31 bits per heavy atom. The van der Waals surface area contributed by atoms with Crippen LogP contribution in [0, 0.1) is 17.0 Å². The van der Waals surface area contributed by atoms with Crippen molar-refractivity contribution in [2.45, 2.75) is 13.5 Å². The summed E-state index contributed by atoms with van der Waals surface area (Å²) in [4.78, 5) is 26.5. The van der Waals surface area contributed by atoms with Crippen molar-refractivity contribution in [1.29, 1.82) is 0 Å². The number of amides is 1. The predicted molar refractivity (Wildman–Crippen MR) is 93.7 cm³/mol. The summed E-state index contributed by atoms with van der Waals surface area (Å²) in [6, 6.07) is 10.8. The van der Waals surface area contributed by atoms with Crippen molar-refractivity contribution in [2.24, 2.45) is 0 Å². The molecule has 2 aromatic carbocycles. The molecule has 0 atom stereocenters. The number of aryl methyl sites for hydroxylation is 1. The van der Waals surface area contributed by atoms with Gasteiger partial charge in [0.25, 0.3) is 11.6 Å². The summed E-state index contributed by atoms with van der Waals surface area (Å²) in [6.45, 7) is 1.88. The van der Waals surface area contributed by atoms with Gasteiger partial charge in [-0.2, -0.15) is 4.98 Å². The quantitative estimate of drug-likeness (QED) is 0.541. The first-order valence-corrected chi connectivity index (χ1v) is 7.93. The molecule has 0 aliphatic rings. The Balaban J connectivity index is 1.68. The van der Waals surface area contributed by atoms with E-state index in [1.54, 1.807) is 6.07 Å². The number of aromatic nitrogens is 2. The molecule has 1 N–H and O–H groups in total. The molecular weight excluding hydrogens is 360 g/mol. The summed E-state index contributed by atoms with van der Waals surface area (Å²) in [5.74, 6) is 0.0776. The fourth-order valence-corrected chi connectivity index (χ4v) is 2.38. The number of nitrogens with one attached hydrogen (secondary N) is 1.